The van der Waals surface area contributed by atoms with E-state index in [0.717, 1.165) is 12.8 Å². The van der Waals surface area contributed by atoms with E-state index in [2.05, 4.69) is 5.32 Å². The fraction of sp³-hybridized carbons (Fsp3) is 0.533. The minimum Gasteiger partial charge on any atom is -0.351 e. The summed E-state index contributed by atoms with van der Waals surface area (Å²) in [6, 6.07) is 4.28. The van der Waals surface area contributed by atoms with E-state index in [9.17, 15) is 13.2 Å². The molecule has 1 N–H and O–H groups in total. The Morgan fingerprint density at radius 1 is 1.30 bits per heavy atom. The molecule has 1 fully saturated rings. The number of amides is 1. The number of nitrogens with zero attached hydrogens (tertiary/aromatic N) is 2. The van der Waals surface area contributed by atoms with Gasteiger partial charge in [-0.25, -0.2) is 8.42 Å². The van der Waals surface area contributed by atoms with Gasteiger partial charge in [0, 0.05) is 26.2 Å². The molecular formula is C15H22ClN3O3S. The molecule has 1 aromatic rings. The molecule has 1 amide bonds. The molecule has 0 saturated carbocycles. The van der Waals surface area contributed by atoms with Gasteiger partial charge in [0.2, 0.25) is 10.0 Å². The molecular weight excluding hydrogens is 338 g/mol. The van der Waals surface area contributed by atoms with Gasteiger partial charge in [0.05, 0.1) is 15.5 Å². The molecule has 128 valence electrons. The van der Waals surface area contributed by atoms with Gasteiger partial charge in [-0.3, -0.25) is 4.79 Å². The van der Waals surface area contributed by atoms with Crippen LogP contribution in [0.5, 0.6) is 0 Å². The Kier molecular flexibility index (Phi) is 6.02. The summed E-state index contributed by atoms with van der Waals surface area (Å²) in [5.41, 5.74) is 0.186. The highest BCUT2D eigenvalue weighted by atomic mass is 35.5. The second kappa shape index (κ2) is 7.61. The van der Waals surface area contributed by atoms with Gasteiger partial charge in [0.1, 0.15) is 0 Å². The van der Waals surface area contributed by atoms with Crippen molar-refractivity contribution in [3.63, 3.8) is 0 Å². The van der Waals surface area contributed by atoms with Crippen molar-refractivity contribution in [1.29, 1.82) is 0 Å². The predicted molar refractivity (Wildman–Crippen MR) is 90.3 cm³/mol. The smallest absolute Gasteiger partial charge is 0.252 e. The van der Waals surface area contributed by atoms with Gasteiger partial charge in [-0.15, -0.1) is 0 Å². The van der Waals surface area contributed by atoms with Crippen LogP contribution in [0.3, 0.4) is 0 Å². The highest BCUT2D eigenvalue weighted by Gasteiger charge is 2.28. The molecule has 1 aliphatic heterocycles. The molecule has 8 heteroatoms. The average molecular weight is 360 g/mol. The van der Waals surface area contributed by atoms with E-state index < -0.39 is 10.0 Å². The SMILES string of the molecule is CN(C)CCNC(=O)c1cc(S(=O)(=O)N2CCCC2)ccc1Cl. The van der Waals surface area contributed by atoms with Gasteiger partial charge in [-0.1, -0.05) is 11.6 Å². The normalized spacial score (nSPS) is 16.0. The van der Waals surface area contributed by atoms with E-state index in [1.54, 1.807) is 0 Å². The van der Waals surface area contributed by atoms with Gasteiger partial charge < -0.3 is 10.2 Å². The van der Waals surface area contributed by atoms with Gasteiger partial charge >= 0.3 is 0 Å². The van der Waals surface area contributed by atoms with E-state index in [1.165, 1.54) is 22.5 Å². The molecule has 1 heterocycles. The lowest BCUT2D eigenvalue weighted by Gasteiger charge is -2.16. The van der Waals surface area contributed by atoms with Crippen molar-refractivity contribution in [3.05, 3.63) is 28.8 Å². The molecule has 1 saturated heterocycles. The second-order valence-corrected chi connectivity index (χ2v) is 8.16. The Hall–Kier alpha value is -1.15. The summed E-state index contributed by atoms with van der Waals surface area (Å²) in [5, 5.41) is 2.99. The number of sulfonamides is 1. The summed E-state index contributed by atoms with van der Waals surface area (Å²) < 4.78 is 26.6. The van der Waals surface area contributed by atoms with Crippen molar-refractivity contribution in [2.75, 3.05) is 40.3 Å². The van der Waals surface area contributed by atoms with Crippen molar-refractivity contribution < 1.29 is 13.2 Å². The maximum absolute atomic E-state index is 12.6. The fourth-order valence-corrected chi connectivity index (χ4v) is 4.15. The average Bonchev–Trinajstić information content (AvgIpc) is 3.01. The van der Waals surface area contributed by atoms with Crippen LogP contribution in [0.15, 0.2) is 23.1 Å². The van der Waals surface area contributed by atoms with Crippen LogP contribution in [0.25, 0.3) is 0 Å². The maximum atomic E-state index is 12.6. The summed E-state index contributed by atoms with van der Waals surface area (Å²) >= 11 is 6.06. The van der Waals surface area contributed by atoms with Gasteiger partial charge in [-0.05, 0) is 45.1 Å². The highest BCUT2D eigenvalue weighted by molar-refractivity contribution is 7.89. The van der Waals surface area contributed by atoms with E-state index in [4.69, 9.17) is 11.6 Å². The molecule has 0 spiro atoms. The zero-order valence-corrected chi connectivity index (χ0v) is 15.0. The van der Waals surface area contributed by atoms with Crippen LogP contribution in [0, 0.1) is 0 Å². The van der Waals surface area contributed by atoms with E-state index in [1.807, 2.05) is 19.0 Å². The molecule has 1 aromatic carbocycles. The van der Waals surface area contributed by atoms with Crippen molar-refractivity contribution >= 4 is 27.5 Å². The summed E-state index contributed by atoms with van der Waals surface area (Å²) in [6.07, 6.45) is 1.73. The van der Waals surface area contributed by atoms with Crippen molar-refractivity contribution in [2.24, 2.45) is 0 Å². The Morgan fingerprint density at radius 3 is 2.57 bits per heavy atom. The second-order valence-electron chi connectivity index (χ2n) is 5.81. The number of carbonyl (C=O) groups is 1. The van der Waals surface area contributed by atoms with Crippen LogP contribution in [0.1, 0.15) is 23.2 Å². The Labute approximate surface area is 142 Å². The molecule has 0 bridgehead atoms. The number of halogens is 1. The number of carbonyl (C=O) groups excluding carboxylic acids is 1. The molecule has 0 atom stereocenters. The summed E-state index contributed by atoms with van der Waals surface area (Å²) in [6.45, 7) is 2.20. The standard InChI is InChI=1S/C15H22ClN3O3S/c1-18(2)10-7-17-15(20)13-11-12(5-6-14(13)16)23(21,22)19-8-3-4-9-19/h5-6,11H,3-4,7-10H2,1-2H3,(H,17,20). The first-order valence-corrected chi connectivity index (χ1v) is 9.37. The Balaban J connectivity index is 2.20. The first-order valence-electron chi connectivity index (χ1n) is 7.55. The van der Waals surface area contributed by atoms with Crippen LogP contribution in [0.4, 0.5) is 0 Å². The molecule has 0 unspecified atom stereocenters. The molecule has 0 radical (unpaired) electrons. The predicted octanol–water partition coefficient (Wildman–Crippen LogP) is 1.42. The molecule has 23 heavy (non-hydrogen) atoms. The Morgan fingerprint density at radius 2 is 1.96 bits per heavy atom. The van der Waals surface area contributed by atoms with Gasteiger partial charge in [0.25, 0.3) is 5.91 Å². The van der Waals surface area contributed by atoms with Crippen molar-refractivity contribution in [2.45, 2.75) is 17.7 Å². The number of hydrogen-bond acceptors (Lipinski definition) is 4. The number of nitrogens with one attached hydrogen (secondary N) is 1. The fourth-order valence-electron chi connectivity index (χ4n) is 2.40. The summed E-state index contributed by atoms with van der Waals surface area (Å²) in [4.78, 5) is 14.3. The minimum atomic E-state index is -3.56. The lowest BCUT2D eigenvalue weighted by atomic mass is 10.2. The van der Waals surface area contributed by atoms with Crippen LogP contribution < -0.4 is 5.32 Å². The number of hydrogen-bond donors (Lipinski definition) is 1. The lowest BCUT2D eigenvalue weighted by molar-refractivity contribution is 0.0951. The van der Waals surface area contributed by atoms with E-state index >= 15 is 0 Å². The zero-order valence-electron chi connectivity index (χ0n) is 13.4. The zero-order chi connectivity index (χ0) is 17.0. The number of benzene rings is 1. The van der Waals surface area contributed by atoms with Crippen molar-refractivity contribution in [3.8, 4) is 0 Å². The summed E-state index contributed by atoms with van der Waals surface area (Å²) in [7, 11) is 0.251. The van der Waals surface area contributed by atoms with Gasteiger partial charge in [0.15, 0.2) is 0 Å². The lowest BCUT2D eigenvalue weighted by Crippen LogP contribution is -2.32. The third-order valence-electron chi connectivity index (χ3n) is 3.73. The van der Waals surface area contributed by atoms with Crippen molar-refractivity contribution in [1.82, 2.24) is 14.5 Å². The van der Waals surface area contributed by atoms with Gasteiger partial charge in [-0.2, -0.15) is 4.31 Å². The topological polar surface area (TPSA) is 69.7 Å². The minimum absolute atomic E-state index is 0.113. The third-order valence-corrected chi connectivity index (χ3v) is 5.95. The molecule has 2 rings (SSSR count). The Bertz CT molecular complexity index is 671. The molecule has 0 aromatic heterocycles. The maximum Gasteiger partial charge on any atom is 0.252 e. The quantitative estimate of drug-likeness (QED) is 0.833. The van der Waals surface area contributed by atoms with Crippen LogP contribution in [0.2, 0.25) is 5.02 Å². The van der Waals surface area contributed by atoms with Crippen LogP contribution >= 0.6 is 11.6 Å². The van der Waals surface area contributed by atoms with Crippen LogP contribution in [-0.2, 0) is 10.0 Å². The van der Waals surface area contributed by atoms with E-state index in [0.29, 0.717) is 26.2 Å². The largest absolute Gasteiger partial charge is 0.351 e. The number of likely N-dealkylation sites (N-methyl/N-ethyl adjacent to an activating group) is 1. The first-order chi connectivity index (χ1) is 10.8. The third kappa shape index (κ3) is 4.44. The molecule has 1 aliphatic rings. The molecule has 0 aliphatic carbocycles. The highest BCUT2D eigenvalue weighted by Crippen LogP contribution is 2.25. The van der Waals surface area contributed by atoms with E-state index in [-0.39, 0.29) is 21.4 Å². The summed E-state index contributed by atoms with van der Waals surface area (Å²) in [5.74, 6) is -0.365. The molecule has 6 nitrogen and oxygen atoms in total. The van der Waals surface area contributed by atoms with Crippen LogP contribution in [-0.4, -0.2) is 63.8 Å². The monoisotopic (exact) mass is 359 g/mol. The first kappa shape index (κ1) is 18.2. The number of rotatable bonds is 6.